The average Bonchev–Trinajstić information content (AvgIpc) is 3.12. The monoisotopic (exact) mass is 866 g/mol. The van der Waals surface area contributed by atoms with E-state index in [0.29, 0.717) is 37.3 Å². The molecule has 0 amide bonds. The van der Waals surface area contributed by atoms with Crippen LogP contribution in [0.15, 0.2) is 135 Å². The number of phenols is 2. The van der Waals surface area contributed by atoms with E-state index in [-0.39, 0.29) is 23.2 Å². The molecule has 51 heavy (non-hydrogen) atoms. The van der Waals surface area contributed by atoms with Crippen molar-refractivity contribution in [2.45, 2.75) is 0 Å². The maximum Gasteiger partial charge on any atom is 0.170 e. The molecule has 0 aliphatic heterocycles. The Morgan fingerprint density at radius 1 is 0.490 bits per heavy atom. The van der Waals surface area contributed by atoms with Crippen LogP contribution >= 0.6 is 66.7 Å². The van der Waals surface area contributed by atoms with Crippen LogP contribution in [0, 0.1) is 0 Å². The maximum absolute atomic E-state index is 9.59. The lowest BCUT2D eigenvalue weighted by atomic mass is 9.90. The molecule has 0 bridgehead atoms. The minimum Gasteiger partial charge on any atom is -0.508 e. The highest BCUT2D eigenvalue weighted by atomic mass is 79.9. The number of oxime groups is 2. The van der Waals surface area contributed by atoms with E-state index >= 15 is 0 Å². The van der Waals surface area contributed by atoms with Crippen LogP contribution in [0.2, 0.25) is 15.1 Å². The summed E-state index contributed by atoms with van der Waals surface area (Å²) in [6, 6.07) is 33.4. The molecule has 0 unspecified atom stereocenters. The molecule has 13 heteroatoms. The van der Waals surface area contributed by atoms with E-state index in [1.165, 1.54) is 0 Å². The molecule has 6 aromatic carbocycles. The van der Waals surface area contributed by atoms with E-state index < -0.39 is 0 Å². The molecule has 0 fully saturated rings. The van der Waals surface area contributed by atoms with Gasteiger partial charge in [0.05, 0.1) is 0 Å². The van der Waals surface area contributed by atoms with Crippen molar-refractivity contribution in [3.63, 3.8) is 0 Å². The molecule has 8 nitrogen and oxygen atoms in total. The van der Waals surface area contributed by atoms with Crippen LogP contribution in [-0.4, -0.2) is 32.3 Å². The lowest BCUT2D eigenvalue weighted by Gasteiger charge is -2.17. The van der Waals surface area contributed by atoms with Crippen LogP contribution in [0.1, 0.15) is 11.1 Å². The fraction of sp³-hybridized carbons (Fsp3) is 0. The molecule has 8 N–H and O–H groups in total. The summed E-state index contributed by atoms with van der Waals surface area (Å²) in [7, 11) is 0. The predicted octanol–water partition coefficient (Wildman–Crippen LogP) is 11.1. The van der Waals surface area contributed by atoms with Gasteiger partial charge in [0.15, 0.2) is 11.7 Å². The normalized spacial score (nSPS) is 11.5. The van der Waals surface area contributed by atoms with Gasteiger partial charge in [0, 0.05) is 51.8 Å². The number of hydrogen-bond donors (Lipinski definition) is 6. The molecule has 0 saturated heterocycles. The van der Waals surface area contributed by atoms with E-state index in [1.807, 2.05) is 36.4 Å². The largest absolute Gasteiger partial charge is 0.508 e. The molecule has 0 aliphatic carbocycles. The topological polar surface area (TPSA) is 158 Å². The summed E-state index contributed by atoms with van der Waals surface area (Å²) in [5, 5.41) is 45.5. The summed E-state index contributed by atoms with van der Waals surface area (Å²) in [4.78, 5) is 0. The third-order valence-corrected chi connectivity index (χ3v) is 9.39. The van der Waals surface area contributed by atoms with Crippen LogP contribution in [-0.2, 0) is 0 Å². The Labute approximate surface area is 325 Å². The zero-order valence-electron chi connectivity index (χ0n) is 26.2. The number of amidine groups is 2. The molecule has 0 aromatic heterocycles. The quantitative estimate of drug-likeness (QED) is 0.0423. The molecule has 0 aliphatic rings. The Hall–Kier alpha value is -4.71. The van der Waals surface area contributed by atoms with E-state index in [9.17, 15) is 20.6 Å². The first-order chi connectivity index (χ1) is 24.4. The summed E-state index contributed by atoms with van der Waals surface area (Å²) < 4.78 is 1.53. The maximum atomic E-state index is 9.59. The molecule has 6 aromatic rings. The summed E-state index contributed by atoms with van der Waals surface area (Å²) >= 11 is 25.5. The van der Waals surface area contributed by atoms with Gasteiger partial charge in [0.1, 0.15) is 11.5 Å². The Morgan fingerprint density at radius 3 is 1.37 bits per heavy atom. The zero-order chi connectivity index (χ0) is 36.8. The Bertz CT molecular complexity index is 2270. The minimum absolute atomic E-state index is 0.00581. The second-order valence-electron chi connectivity index (χ2n) is 10.9. The number of halogens is 5. The lowest BCUT2D eigenvalue weighted by Crippen LogP contribution is -2.15. The van der Waals surface area contributed by atoms with Gasteiger partial charge in [0.2, 0.25) is 0 Å². The third kappa shape index (κ3) is 8.79. The first-order valence-electron chi connectivity index (χ1n) is 14.8. The standard InChI is InChI=1S/C19H13BrCl2N2O2.C19H14BrClN2O2/c20-11-7-14(10-1-4-13(25)5-2-10)18(16(8-11)19(23)24-26)15-9-12(21)3-6-17(15)22;20-13-9-16(11-3-7-15(24)8-4-11)18(17(10-13)19(22)23-25)12-1-5-14(21)6-2-12/h1-9,25-26H,(H2,23,24);1-10,24-25H,(H2,22,23). The SMILES string of the molecule is NC(=NO)c1cc(Br)cc(-c2ccc(O)cc2)c1-c1cc(Cl)ccc1Cl.NC(=NO)c1cc(Br)cc(-c2ccc(O)cc2)c1-c1ccc(Cl)cc1. The van der Waals surface area contributed by atoms with Crippen molar-refractivity contribution >= 4 is 78.3 Å². The highest BCUT2D eigenvalue weighted by molar-refractivity contribution is 9.10. The molecular formula is C38H27Br2Cl3N4O4. The molecule has 0 radical (unpaired) electrons. The van der Waals surface area contributed by atoms with Gasteiger partial charge >= 0.3 is 0 Å². The van der Waals surface area contributed by atoms with E-state index in [4.69, 9.17) is 46.3 Å². The van der Waals surface area contributed by atoms with Crippen molar-refractivity contribution < 1.29 is 20.6 Å². The molecule has 0 heterocycles. The van der Waals surface area contributed by atoms with Crippen molar-refractivity contribution in [1.82, 2.24) is 0 Å². The second kappa shape index (κ2) is 16.5. The fourth-order valence-corrected chi connectivity index (χ4v) is 6.80. The highest BCUT2D eigenvalue weighted by Gasteiger charge is 2.20. The van der Waals surface area contributed by atoms with Crippen molar-refractivity contribution in [1.29, 1.82) is 0 Å². The Morgan fingerprint density at radius 2 is 0.902 bits per heavy atom. The molecule has 0 saturated carbocycles. The number of nitrogens with zero attached hydrogens (tertiary/aromatic N) is 2. The minimum atomic E-state index is -0.0580. The van der Waals surface area contributed by atoms with Crippen LogP contribution in [0.4, 0.5) is 0 Å². The highest BCUT2D eigenvalue weighted by Crippen LogP contribution is 2.42. The van der Waals surface area contributed by atoms with Gasteiger partial charge in [-0.25, -0.2) is 0 Å². The van der Waals surface area contributed by atoms with E-state index in [1.54, 1.807) is 78.9 Å². The van der Waals surface area contributed by atoms with Crippen molar-refractivity contribution in [2.75, 3.05) is 0 Å². The van der Waals surface area contributed by atoms with Crippen molar-refractivity contribution in [3.8, 4) is 56.0 Å². The fourth-order valence-electron chi connectivity index (χ4n) is 5.37. The summed E-state index contributed by atoms with van der Waals surface area (Å²) in [6.45, 7) is 0. The van der Waals surface area contributed by atoms with Crippen molar-refractivity contribution in [3.05, 3.63) is 150 Å². The molecule has 258 valence electrons. The average molecular weight is 870 g/mol. The van der Waals surface area contributed by atoms with Crippen molar-refractivity contribution in [2.24, 2.45) is 21.8 Å². The number of phenolic OH excluding ortho intramolecular Hbond substituents is 2. The molecule has 0 atom stereocenters. The lowest BCUT2D eigenvalue weighted by molar-refractivity contribution is 0.318. The first kappa shape index (κ1) is 37.5. The number of nitrogens with two attached hydrogens (primary N) is 2. The Balaban J connectivity index is 0.000000198. The van der Waals surface area contributed by atoms with Crippen LogP contribution in [0.25, 0.3) is 44.5 Å². The molecular weight excluding hydrogens is 843 g/mol. The molecule has 6 rings (SSSR count). The number of aromatic hydroxyl groups is 2. The number of hydrogen-bond acceptors (Lipinski definition) is 6. The van der Waals surface area contributed by atoms with Crippen LogP contribution in [0.3, 0.4) is 0 Å². The van der Waals surface area contributed by atoms with Gasteiger partial charge < -0.3 is 32.1 Å². The van der Waals surface area contributed by atoms with Gasteiger partial charge in [-0.3, -0.25) is 0 Å². The summed E-state index contributed by atoms with van der Waals surface area (Å²) in [6.07, 6.45) is 0. The van der Waals surface area contributed by atoms with Gasteiger partial charge in [0.25, 0.3) is 0 Å². The summed E-state index contributed by atoms with van der Waals surface area (Å²) in [5.41, 5.74) is 19.3. The zero-order valence-corrected chi connectivity index (χ0v) is 31.6. The molecule has 0 spiro atoms. The number of rotatable bonds is 6. The van der Waals surface area contributed by atoms with Gasteiger partial charge in [-0.05, 0) is 107 Å². The summed E-state index contributed by atoms with van der Waals surface area (Å²) in [5.74, 6) is 0.287. The van der Waals surface area contributed by atoms with Crippen LogP contribution in [0.5, 0.6) is 11.5 Å². The smallest absolute Gasteiger partial charge is 0.170 e. The first-order valence-corrected chi connectivity index (χ1v) is 17.5. The van der Waals surface area contributed by atoms with E-state index in [0.717, 1.165) is 42.3 Å². The number of benzene rings is 6. The Kier molecular flexibility index (Phi) is 12.2. The van der Waals surface area contributed by atoms with Gasteiger partial charge in [-0.1, -0.05) is 113 Å². The third-order valence-electron chi connectivity index (χ3n) is 7.66. The van der Waals surface area contributed by atoms with Crippen LogP contribution < -0.4 is 11.5 Å². The second-order valence-corrected chi connectivity index (χ2v) is 14.1. The van der Waals surface area contributed by atoms with Gasteiger partial charge in [-0.2, -0.15) is 0 Å². The van der Waals surface area contributed by atoms with E-state index in [2.05, 4.69) is 42.2 Å². The predicted molar refractivity (Wildman–Crippen MR) is 213 cm³/mol. The van der Waals surface area contributed by atoms with Gasteiger partial charge in [-0.15, -0.1) is 0 Å².